The molecule has 2 aromatic carbocycles. The van der Waals surface area contributed by atoms with Crippen LogP contribution in [0.25, 0.3) is 22.0 Å². The topological polar surface area (TPSA) is 24.9 Å². The maximum Gasteiger partial charge on any atom is 0.131 e. The van der Waals surface area contributed by atoms with Crippen LogP contribution in [-0.4, -0.2) is 12.0 Å². The lowest BCUT2D eigenvalue weighted by atomic mass is 9.98. The summed E-state index contributed by atoms with van der Waals surface area (Å²) < 4.78 is 14.2. The number of benzene rings is 2. The van der Waals surface area contributed by atoms with Crippen LogP contribution in [0.15, 0.2) is 54.7 Å². The van der Waals surface area contributed by atoms with Crippen LogP contribution in [0.1, 0.15) is 18.5 Å². The quantitative estimate of drug-likeness (QED) is 0.772. The van der Waals surface area contributed by atoms with E-state index in [9.17, 15) is 4.39 Å². The third-order valence-electron chi connectivity index (χ3n) is 3.84. The van der Waals surface area contributed by atoms with E-state index >= 15 is 0 Å². The Balaban J connectivity index is 2.12. The van der Waals surface area contributed by atoms with Gasteiger partial charge in [0.25, 0.3) is 0 Å². The van der Waals surface area contributed by atoms with Crippen molar-refractivity contribution in [2.24, 2.45) is 0 Å². The molecule has 3 heteroatoms. The van der Waals surface area contributed by atoms with Gasteiger partial charge in [0.15, 0.2) is 0 Å². The van der Waals surface area contributed by atoms with E-state index in [0.717, 1.165) is 22.0 Å². The van der Waals surface area contributed by atoms with Gasteiger partial charge in [0.05, 0.1) is 5.52 Å². The molecule has 2 nitrogen and oxygen atoms in total. The molecule has 0 spiro atoms. The fraction of sp³-hybridized carbons (Fsp3) is 0.167. The van der Waals surface area contributed by atoms with E-state index < -0.39 is 0 Å². The van der Waals surface area contributed by atoms with E-state index in [2.05, 4.69) is 17.2 Å². The highest BCUT2D eigenvalue weighted by molar-refractivity contribution is 5.84. The summed E-state index contributed by atoms with van der Waals surface area (Å²) in [7, 11) is 1.90. The molecule has 0 aliphatic heterocycles. The number of fused-ring (bicyclic) bond motifs is 1. The average Bonchev–Trinajstić information content (AvgIpc) is 2.54. The van der Waals surface area contributed by atoms with E-state index in [4.69, 9.17) is 0 Å². The number of nitrogens with one attached hydrogen (secondary N) is 1. The van der Waals surface area contributed by atoms with Gasteiger partial charge >= 0.3 is 0 Å². The summed E-state index contributed by atoms with van der Waals surface area (Å²) in [5.41, 5.74) is 3.41. The van der Waals surface area contributed by atoms with Gasteiger partial charge in [-0.05, 0) is 49.4 Å². The van der Waals surface area contributed by atoms with Crippen molar-refractivity contribution in [1.29, 1.82) is 0 Å². The Hall–Kier alpha value is -2.26. The van der Waals surface area contributed by atoms with E-state index in [1.54, 1.807) is 6.20 Å². The van der Waals surface area contributed by atoms with E-state index in [1.807, 2.05) is 49.5 Å². The smallest absolute Gasteiger partial charge is 0.131 e. The zero-order valence-electron chi connectivity index (χ0n) is 12.1. The minimum atomic E-state index is -0.211. The highest BCUT2D eigenvalue weighted by Gasteiger charge is 2.10. The van der Waals surface area contributed by atoms with Gasteiger partial charge in [0.2, 0.25) is 0 Å². The van der Waals surface area contributed by atoms with Crippen LogP contribution >= 0.6 is 0 Å². The Morgan fingerprint density at radius 3 is 2.76 bits per heavy atom. The molecular formula is C18H17FN2. The molecule has 1 N–H and O–H groups in total. The first-order valence-electron chi connectivity index (χ1n) is 7.01. The number of hydrogen-bond acceptors (Lipinski definition) is 2. The monoisotopic (exact) mass is 280 g/mol. The van der Waals surface area contributed by atoms with Crippen LogP contribution in [-0.2, 0) is 0 Å². The number of nitrogens with zero attached hydrogens (tertiary/aromatic N) is 1. The van der Waals surface area contributed by atoms with Crippen LogP contribution in [0, 0.1) is 5.82 Å². The molecule has 0 amide bonds. The molecule has 0 aliphatic rings. The molecule has 106 valence electrons. The van der Waals surface area contributed by atoms with Gasteiger partial charge in [-0.2, -0.15) is 0 Å². The van der Waals surface area contributed by atoms with Gasteiger partial charge < -0.3 is 5.32 Å². The second-order valence-electron chi connectivity index (χ2n) is 5.16. The molecule has 3 rings (SSSR count). The van der Waals surface area contributed by atoms with Gasteiger partial charge in [-0.15, -0.1) is 0 Å². The van der Waals surface area contributed by atoms with Crippen LogP contribution in [0.4, 0.5) is 4.39 Å². The van der Waals surface area contributed by atoms with E-state index in [0.29, 0.717) is 5.56 Å². The minimum absolute atomic E-state index is 0.183. The molecule has 0 saturated carbocycles. The Kier molecular flexibility index (Phi) is 3.67. The van der Waals surface area contributed by atoms with Crippen molar-refractivity contribution in [2.75, 3.05) is 7.05 Å². The lowest BCUT2D eigenvalue weighted by molar-refractivity contribution is 0.622. The molecule has 0 aliphatic carbocycles. The molecule has 0 saturated heterocycles. The summed E-state index contributed by atoms with van der Waals surface area (Å²) in [5, 5.41) is 4.23. The van der Waals surface area contributed by atoms with Crippen molar-refractivity contribution in [3.8, 4) is 11.1 Å². The first-order chi connectivity index (χ1) is 10.2. The largest absolute Gasteiger partial charge is 0.313 e. The maximum atomic E-state index is 14.2. The van der Waals surface area contributed by atoms with Crippen LogP contribution in [0.5, 0.6) is 0 Å². The summed E-state index contributed by atoms with van der Waals surface area (Å²) >= 11 is 0. The average molecular weight is 280 g/mol. The van der Waals surface area contributed by atoms with Crippen molar-refractivity contribution in [2.45, 2.75) is 13.0 Å². The highest BCUT2D eigenvalue weighted by atomic mass is 19.1. The first-order valence-corrected chi connectivity index (χ1v) is 7.01. The molecule has 21 heavy (non-hydrogen) atoms. The van der Waals surface area contributed by atoms with Crippen LogP contribution < -0.4 is 5.32 Å². The van der Waals surface area contributed by atoms with E-state index in [1.165, 1.54) is 6.07 Å². The van der Waals surface area contributed by atoms with Gasteiger partial charge in [-0.25, -0.2) is 4.39 Å². The van der Waals surface area contributed by atoms with Crippen molar-refractivity contribution in [1.82, 2.24) is 10.3 Å². The van der Waals surface area contributed by atoms with Gasteiger partial charge in [-0.1, -0.05) is 24.3 Å². The van der Waals surface area contributed by atoms with Crippen molar-refractivity contribution in [3.63, 3.8) is 0 Å². The number of halogens is 1. The Morgan fingerprint density at radius 1 is 1.10 bits per heavy atom. The van der Waals surface area contributed by atoms with Crippen molar-refractivity contribution >= 4 is 10.9 Å². The van der Waals surface area contributed by atoms with Gasteiger partial charge in [0.1, 0.15) is 5.82 Å². The van der Waals surface area contributed by atoms with Crippen molar-refractivity contribution in [3.05, 3.63) is 66.1 Å². The van der Waals surface area contributed by atoms with Gasteiger partial charge in [0, 0.05) is 23.2 Å². The molecule has 0 bridgehead atoms. The Morgan fingerprint density at radius 2 is 1.95 bits per heavy atom. The lowest BCUT2D eigenvalue weighted by Gasteiger charge is -2.13. The highest BCUT2D eigenvalue weighted by Crippen LogP contribution is 2.28. The fourth-order valence-corrected chi connectivity index (χ4v) is 2.43. The number of pyridine rings is 1. The molecular weight excluding hydrogens is 263 g/mol. The first kappa shape index (κ1) is 13.7. The summed E-state index contributed by atoms with van der Waals surface area (Å²) in [6.07, 6.45) is 1.75. The predicted octanol–water partition coefficient (Wildman–Crippen LogP) is 4.32. The molecule has 1 unspecified atom stereocenters. The number of hydrogen-bond donors (Lipinski definition) is 1. The van der Waals surface area contributed by atoms with Crippen LogP contribution in [0.2, 0.25) is 0 Å². The summed E-state index contributed by atoms with van der Waals surface area (Å²) in [6.45, 7) is 2.05. The lowest BCUT2D eigenvalue weighted by Crippen LogP contribution is -2.12. The predicted molar refractivity (Wildman–Crippen MR) is 84.6 cm³/mol. The molecule has 1 heterocycles. The molecule has 0 radical (unpaired) electrons. The van der Waals surface area contributed by atoms with E-state index in [-0.39, 0.29) is 11.9 Å². The number of rotatable bonds is 3. The van der Waals surface area contributed by atoms with Crippen LogP contribution in [0.3, 0.4) is 0 Å². The fourth-order valence-electron chi connectivity index (χ4n) is 2.43. The third-order valence-corrected chi connectivity index (χ3v) is 3.84. The molecule has 1 atom stereocenters. The second kappa shape index (κ2) is 5.62. The summed E-state index contributed by atoms with van der Waals surface area (Å²) in [4.78, 5) is 4.34. The molecule has 3 aromatic rings. The molecule has 1 aromatic heterocycles. The Bertz CT molecular complexity index is 783. The Labute approximate surface area is 123 Å². The maximum absolute atomic E-state index is 14.2. The second-order valence-corrected chi connectivity index (χ2v) is 5.16. The minimum Gasteiger partial charge on any atom is -0.313 e. The molecule has 0 fully saturated rings. The normalized spacial score (nSPS) is 12.5. The van der Waals surface area contributed by atoms with Crippen molar-refractivity contribution < 1.29 is 4.39 Å². The van der Waals surface area contributed by atoms with Gasteiger partial charge in [-0.3, -0.25) is 4.98 Å². The number of aromatic nitrogens is 1. The summed E-state index contributed by atoms with van der Waals surface area (Å²) in [6, 6.07) is 15.2. The third kappa shape index (κ3) is 2.65. The SMILES string of the molecule is CNC(C)c1ccc(F)c(-c2ccc3cccnc3c2)c1. The zero-order chi connectivity index (χ0) is 14.8. The standard InChI is InChI=1S/C18H17FN2/c1-12(20-2)14-7-8-17(19)16(10-14)15-6-5-13-4-3-9-21-18(13)11-15/h3-12,20H,1-2H3. The zero-order valence-corrected chi connectivity index (χ0v) is 12.1. The summed E-state index contributed by atoms with van der Waals surface area (Å²) in [5.74, 6) is -0.211.